The highest BCUT2D eigenvalue weighted by Crippen LogP contribution is 2.41. The van der Waals surface area contributed by atoms with Crippen molar-refractivity contribution in [3.05, 3.63) is 83.8 Å². The van der Waals surface area contributed by atoms with E-state index >= 15 is 0 Å². The normalized spacial score (nSPS) is 12.4. The lowest BCUT2D eigenvalue weighted by molar-refractivity contribution is -0.138. The minimum atomic E-state index is -2.59. The molecule has 0 radical (unpaired) electrons. The second kappa shape index (κ2) is 12.1. The van der Waals surface area contributed by atoms with Gasteiger partial charge in [-0.05, 0) is 45.7 Å². The fraction of sp³-hybridized carbons (Fsp3) is 0.286. The van der Waals surface area contributed by atoms with Crippen molar-refractivity contribution >= 4 is 19.8 Å². The average molecular weight is 511 g/mol. The topological polar surface area (TPSA) is 96.7 Å². The summed E-state index contributed by atoms with van der Waals surface area (Å²) >= 11 is 0. The van der Waals surface area contributed by atoms with Gasteiger partial charge in [0.25, 0.3) is 0 Å². The van der Waals surface area contributed by atoms with Gasteiger partial charge in [0.05, 0.1) is 17.8 Å². The van der Waals surface area contributed by atoms with Crippen molar-refractivity contribution in [1.82, 2.24) is 4.98 Å². The minimum Gasteiger partial charge on any atom is -0.426 e. The van der Waals surface area contributed by atoms with Gasteiger partial charge in [0.15, 0.2) is 0 Å². The first-order valence-electron chi connectivity index (χ1n) is 11.7. The van der Waals surface area contributed by atoms with E-state index in [1.807, 2.05) is 51.1 Å². The smallest absolute Gasteiger partial charge is 0.426 e. The van der Waals surface area contributed by atoms with Crippen molar-refractivity contribution in [2.24, 2.45) is 0 Å². The number of hydrogen-bond donors (Lipinski definition) is 2. The molecule has 8 heteroatoms. The van der Waals surface area contributed by atoms with Crippen LogP contribution in [-0.4, -0.2) is 33.2 Å². The van der Waals surface area contributed by atoms with E-state index in [-0.39, 0.29) is 17.5 Å². The van der Waals surface area contributed by atoms with Crippen LogP contribution in [0.15, 0.2) is 61.2 Å². The molecule has 2 aromatic carbocycles. The highest BCUT2D eigenvalue weighted by atomic mass is 31.1. The molecule has 2 unspecified atom stereocenters. The lowest BCUT2D eigenvalue weighted by Crippen LogP contribution is -2.18. The van der Waals surface area contributed by atoms with Crippen molar-refractivity contribution in [2.45, 2.75) is 45.6 Å². The Hall–Kier alpha value is -3.25. The van der Waals surface area contributed by atoms with Crippen molar-refractivity contribution in [2.75, 3.05) is 6.16 Å². The van der Waals surface area contributed by atoms with E-state index in [1.54, 1.807) is 12.1 Å². The summed E-state index contributed by atoms with van der Waals surface area (Å²) in [4.78, 5) is 26.5. The summed E-state index contributed by atoms with van der Waals surface area (Å²) in [6.07, 6.45) is -1.61. The maximum atomic E-state index is 13.8. The monoisotopic (exact) mass is 510 g/mol. The van der Waals surface area contributed by atoms with Gasteiger partial charge in [-0.2, -0.15) is 4.89 Å². The molecule has 0 amide bonds. The van der Waals surface area contributed by atoms with Crippen LogP contribution in [0.5, 0.6) is 0 Å². The molecule has 1 heterocycles. The van der Waals surface area contributed by atoms with Gasteiger partial charge in [0, 0.05) is 11.1 Å². The summed E-state index contributed by atoms with van der Waals surface area (Å²) in [6.45, 7) is 9.95. The van der Waals surface area contributed by atoms with Gasteiger partial charge in [-0.25, -0.2) is 4.39 Å². The summed E-state index contributed by atoms with van der Waals surface area (Å²) in [7, 11) is -2.59. The van der Waals surface area contributed by atoms with Gasteiger partial charge >= 0.3 is 14.0 Å². The summed E-state index contributed by atoms with van der Waals surface area (Å²) in [6, 6.07) is 15.8. The van der Waals surface area contributed by atoms with Gasteiger partial charge in [0.1, 0.15) is 17.7 Å². The number of halogens is 1. The lowest BCUT2D eigenvalue weighted by Gasteiger charge is -2.24. The number of esters is 1. The maximum absolute atomic E-state index is 13.8. The molecule has 2 atom stereocenters. The van der Waals surface area contributed by atoms with Gasteiger partial charge in [-0.1, -0.05) is 69.8 Å². The van der Waals surface area contributed by atoms with Crippen LogP contribution in [0.4, 0.5) is 4.39 Å². The van der Waals surface area contributed by atoms with E-state index in [9.17, 15) is 18.9 Å². The Morgan fingerprint density at radius 2 is 1.75 bits per heavy atom. The molecule has 3 aromatic rings. The van der Waals surface area contributed by atoms with Crippen molar-refractivity contribution in [3.63, 3.8) is 0 Å². The molecule has 0 aliphatic carbocycles. The lowest BCUT2D eigenvalue weighted by atomic mass is 9.86. The largest absolute Gasteiger partial charge is 0.508 e. The number of pyridine rings is 1. The Balaban J connectivity index is 2.21. The molecule has 0 aliphatic rings. The summed E-state index contributed by atoms with van der Waals surface area (Å²) < 4.78 is 30.3. The summed E-state index contributed by atoms with van der Waals surface area (Å²) in [5.41, 5.74) is 5.25. The molecule has 36 heavy (non-hydrogen) atoms. The Bertz CT molecular complexity index is 1260. The van der Waals surface area contributed by atoms with E-state index < -0.39 is 32.7 Å². The fourth-order valence-electron chi connectivity index (χ4n) is 4.12. The summed E-state index contributed by atoms with van der Waals surface area (Å²) in [5.74, 6) is -1.19. The van der Waals surface area contributed by atoms with E-state index in [2.05, 4.69) is 6.58 Å². The number of ether oxygens (including phenoxy) is 1. The second-order valence-electron chi connectivity index (χ2n) is 8.75. The molecule has 0 fully saturated rings. The van der Waals surface area contributed by atoms with E-state index in [4.69, 9.17) is 14.6 Å². The Kier molecular flexibility index (Phi) is 9.21. The van der Waals surface area contributed by atoms with Crippen LogP contribution < -0.4 is 0 Å². The number of aliphatic hydroxyl groups excluding tert-OH is 1. The zero-order valence-corrected chi connectivity index (χ0v) is 21.5. The average Bonchev–Trinajstić information content (AvgIpc) is 2.82. The molecule has 1 aromatic heterocycles. The number of aromatic nitrogens is 1. The number of aliphatic hydroxyl groups is 1. The molecule has 3 rings (SSSR count). The van der Waals surface area contributed by atoms with Crippen LogP contribution >= 0.6 is 8.03 Å². The molecule has 0 saturated heterocycles. The van der Waals surface area contributed by atoms with Gasteiger partial charge in [-0.15, -0.1) is 0 Å². The molecule has 0 saturated carbocycles. The Labute approximate surface area is 211 Å². The number of nitrogens with zero attached hydrogens (tertiary/aromatic N) is 1. The zero-order valence-electron chi connectivity index (χ0n) is 20.6. The van der Waals surface area contributed by atoms with Gasteiger partial charge in [0.2, 0.25) is 6.16 Å². The highest BCUT2D eigenvalue weighted by Gasteiger charge is 2.27. The SMILES string of the molecule is C=C(OC(=O)CC(O)C[P+](=O)O)c1c(C(C)C)nc(-c2ccccc2)c(CC)c1-c1ccc(F)cc1. The Morgan fingerprint density at radius 1 is 1.11 bits per heavy atom. The van der Waals surface area contributed by atoms with Crippen molar-refractivity contribution < 1.29 is 28.5 Å². The number of carbonyl (C=O) groups excluding carboxylic acids is 1. The van der Waals surface area contributed by atoms with E-state index in [0.29, 0.717) is 17.7 Å². The van der Waals surface area contributed by atoms with Crippen molar-refractivity contribution in [3.8, 4) is 22.4 Å². The minimum absolute atomic E-state index is 0.0467. The van der Waals surface area contributed by atoms with Crippen LogP contribution in [0.1, 0.15) is 49.9 Å². The molecule has 0 bridgehead atoms. The third-order valence-corrected chi connectivity index (χ3v) is 6.43. The molecule has 6 nitrogen and oxygen atoms in total. The number of hydrogen-bond acceptors (Lipinski definition) is 5. The van der Waals surface area contributed by atoms with Gasteiger partial charge < -0.3 is 9.84 Å². The third-order valence-electron chi connectivity index (χ3n) is 5.69. The van der Waals surface area contributed by atoms with Crippen LogP contribution in [0.25, 0.3) is 28.1 Å². The van der Waals surface area contributed by atoms with Crippen LogP contribution in [-0.2, 0) is 20.5 Å². The third kappa shape index (κ3) is 6.49. The molecular weight excluding hydrogens is 480 g/mol. The highest BCUT2D eigenvalue weighted by molar-refractivity contribution is 7.38. The molecule has 0 aliphatic heterocycles. The Morgan fingerprint density at radius 3 is 2.31 bits per heavy atom. The first kappa shape index (κ1) is 27.3. The maximum Gasteiger partial charge on any atom is 0.508 e. The standard InChI is InChI=1S/C28H29FNO5P/c1-5-23-26(19-11-13-21(29)14-12-19)25(18(4)35-24(32)15-22(31)16-36(33)34)27(17(2)3)30-28(23)20-9-7-6-8-10-20/h6-14,17,22,31H,4-5,15-16H2,1-3H3/p+1. The first-order valence-corrected chi connectivity index (χ1v) is 13.1. The second-order valence-corrected chi connectivity index (χ2v) is 9.81. The van der Waals surface area contributed by atoms with Crippen LogP contribution in [0, 0.1) is 5.82 Å². The molecule has 188 valence electrons. The van der Waals surface area contributed by atoms with Crippen LogP contribution in [0.2, 0.25) is 0 Å². The van der Waals surface area contributed by atoms with E-state index in [1.165, 1.54) is 12.1 Å². The predicted molar refractivity (Wildman–Crippen MR) is 139 cm³/mol. The number of benzene rings is 2. The number of rotatable bonds is 10. The molecular formula is C28H30FNO5P+. The fourth-order valence-corrected chi connectivity index (χ4v) is 4.61. The molecule has 2 N–H and O–H groups in total. The zero-order chi connectivity index (χ0) is 26.4. The summed E-state index contributed by atoms with van der Waals surface area (Å²) in [5, 5.41) is 9.90. The van der Waals surface area contributed by atoms with E-state index in [0.717, 1.165) is 27.9 Å². The predicted octanol–water partition coefficient (Wildman–Crippen LogP) is 6.24. The molecule has 0 spiro atoms. The first-order chi connectivity index (χ1) is 17.1. The van der Waals surface area contributed by atoms with Crippen LogP contribution in [0.3, 0.4) is 0 Å². The van der Waals surface area contributed by atoms with Crippen molar-refractivity contribution in [1.29, 1.82) is 0 Å². The van der Waals surface area contributed by atoms with Gasteiger partial charge in [-0.3, -0.25) is 9.78 Å². The number of carbonyl (C=O) groups is 1. The quantitative estimate of drug-likeness (QED) is 0.190.